The average molecular weight is 317 g/mol. The molecule has 8 heteroatoms. The predicted octanol–water partition coefficient (Wildman–Crippen LogP) is 0.0696. The van der Waals surface area contributed by atoms with Crippen LogP contribution in [-0.2, 0) is 24.0 Å². The van der Waals surface area contributed by atoms with Crippen molar-refractivity contribution in [2.75, 3.05) is 19.7 Å². The van der Waals surface area contributed by atoms with Crippen LogP contribution in [0.1, 0.15) is 34.6 Å². The van der Waals surface area contributed by atoms with E-state index < -0.39 is 0 Å². The Hall–Kier alpha value is -1.22. The molecule has 8 nitrogen and oxygen atoms in total. The van der Waals surface area contributed by atoms with Crippen LogP contribution in [-0.4, -0.2) is 66.0 Å². The fraction of sp³-hybridized carbons (Fsp3) is 0.857. The molecule has 2 rings (SSSR count). The number of nitrogens with zero attached hydrogens (tertiary/aromatic N) is 2. The van der Waals surface area contributed by atoms with Crippen molar-refractivity contribution in [1.29, 1.82) is 0 Å². The summed E-state index contributed by atoms with van der Waals surface area (Å²) in [4.78, 5) is 31.9. The SMILES string of the molecule is CC(C)ON1CC1C(N)=O.CCOC(=O)C1CN1OC(C)C. The lowest BCUT2D eigenvalue weighted by molar-refractivity contribution is -0.154. The minimum atomic E-state index is -0.305. The molecule has 0 aliphatic carbocycles. The quantitative estimate of drug-likeness (QED) is 0.524. The number of primary amides is 1. The van der Waals surface area contributed by atoms with Crippen LogP contribution in [0.15, 0.2) is 0 Å². The van der Waals surface area contributed by atoms with E-state index in [0.717, 1.165) is 0 Å². The van der Waals surface area contributed by atoms with E-state index in [1.54, 1.807) is 17.1 Å². The Morgan fingerprint density at radius 3 is 1.86 bits per heavy atom. The van der Waals surface area contributed by atoms with Crippen molar-refractivity contribution in [3.63, 3.8) is 0 Å². The van der Waals surface area contributed by atoms with Gasteiger partial charge in [0.25, 0.3) is 0 Å². The lowest BCUT2D eigenvalue weighted by atomic mass is 10.5. The number of ether oxygens (including phenoxy) is 1. The van der Waals surface area contributed by atoms with E-state index in [4.69, 9.17) is 20.1 Å². The summed E-state index contributed by atoms with van der Waals surface area (Å²) in [5, 5.41) is 3.23. The minimum absolute atomic E-state index is 0.129. The number of carbonyl (C=O) groups is 2. The number of carbonyl (C=O) groups excluding carboxylic acids is 2. The fourth-order valence-electron chi connectivity index (χ4n) is 1.68. The number of rotatable bonds is 7. The largest absolute Gasteiger partial charge is 0.465 e. The zero-order valence-electron chi connectivity index (χ0n) is 13.9. The molecule has 4 atom stereocenters. The van der Waals surface area contributed by atoms with Crippen LogP contribution in [0.25, 0.3) is 0 Å². The van der Waals surface area contributed by atoms with Gasteiger partial charge < -0.3 is 10.5 Å². The Morgan fingerprint density at radius 1 is 1.05 bits per heavy atom. The summed E-state index contributed by atoms with van der Waals surface area (Å²) < 4.78 is 4.82. The van der Waals surface area contributed by atoms with Crippen LogP contribution in [0.5, 0.6) is 0 Å². The molecule has 0 saturated carbocycles. The highest BCUT2D eigenvalue weighted by Crippen LogP contribution is 2.20. The summed E-state index contributed by atoms with van der Waals surface area (Å²) in [6.07, 6.45) is 0.258. The van der Waals surface area contributed by atoms with Gasteiger partial charge in [-0.1, -0.05) is 0 Å². The predicted molar refractivity (Wildman–Crippen MR) is 79.3 cm³/mol. The molecule has 2 aliphatic heterocycles. The van der Waals surface area contributed by atoms with Gasteiger partial charge in [-0.05, 0) is 34.6 Å². The summed E-state index contributed by atoms with van der Waals surface area (Å²) in [7, 11) is 0. The third kappa shape index (κ3) is 6.69. The normalized spacial score (nSPS) is 28.9. The number of hydroxylamine groups is 4. The van der Waals surface area contributed by atoms with E-state index in [2.05, 4.69) is 0 Å². The molecular formula is C14H27N3O5. The van der Waals surface area contributed by atoms with Crippen molar-refractivity contribution in [1.82, 2.24) is 10.1 Å². The van der Waals surface area contributed by atoms with E-state index in [1.165, 1.54) is 0 Å². The number of hydrogen-bond donors (Lipinski definition) is 1. The summed E-state index contributed by atoms with van der Waals surface area (Å²) >= 11 is 0. The van der Waals surface area contributed by atoms with Gasteiger partial charge in [0.05, 0.1) is 31.9 Å². The van der Waals surface area contributed by atoms with Gasteiger partial charge in [0, 0.05) is 0 Å². The van der Waals surface area contributed by atoms with Crippen LogP contribution in [0.3, 0.4) is 0 Å². The number of nitrogens with two attached hydrogens (primary N) is 1. The number of esters is 1. The molecule has 2 fully saturated rings. The van der Waals surface area contributed by atoms with Crippen molar-refractivity contribution in [2.45, 2.75) is 58.9 Å². The van der Waals surface area contributed by atoms with Gasteiger partial charge >= 0.3 is 5.97 Å². The van der Waals surface area contributed by atoms with Crippen molar-refractivity contribution in [3.05, 3.63) is 0 Å². The molecule has 0 spiro atoms. The van der Waals surface area contributed by atoms with Crippen molar-refractivity contribution in [2.24, 2.45) is 5.73 Å². The molecule has 0 aromatic heterocycles. The highest BCUT2D eigenvalue weighted by molar-refractivity contribution is 5.82. The Balaban J connectivity index is 0.000000224. The fourth-order valence-corrected chi connectivity index (χ4v) is 1.68. The molecule has 2 heterocycles. The zero-order valence-corrected chi connectivity index (χ0v) is 13.9. The van der Waals surface area contributed by atoms with Crippen LogP contribution >= 0.6 is 0 Å². The third-order valence-corrected chi connectivity index (χ3v) is 2.71. The first-order chi connectivity index (χ1) is 10.3. The molecule has 2 N–H and O–H groups in total. The highest BCUT2D eigenvalue weighted by atomic mass is 16.7. The minimum Gasteiger partial charge on any atom is -0.465 e. The Labute approximate surface area is 131 Å². The Morgan fingerprint density at radius 2 is 1.50 bits per heavy atom. The second-order valence-electron chi connectivity index (χ2n) is 5.69. The van der Waals surface area contributed by atoms with Crippen molar-refractivity contribution in [3.8, 4) is 0 Å². The average Bonchev–Trinajstić information content (AvgIpc) is 3.25. The van der Waals surface area contributed by atoms with Gasteiger partial charge in [-0.25, -0.2) is 0 Å². The van der Waals surface area contributed by atoms with Gasteiger partial charge in [0.2, 0.25) is 5.91 Å². The second-order valence-corrected chi connectivity index (χ2v) is 5.69. The maximum absolute atomic E-state index is 11.1. The summed E-state index contributed by atoms with van der Waals surface area (Å²) in [6.45, 7) is 11.2. The zero-order chi connectivity index (χ0) is 16.9. The van der Waals surface area contributed by atoms with Crippen LogP contribution < -0.4 is 5.73 Å². The second kappa shape index (κ2) is 8.42. The Kier molecular flexibility index (Phi) is 7.21. The summed E-state index contributed by atoms with van der Waals surface area (Å²) in [5.41, 5.74) is 5.00. The molecule has 0 aromatic carbocycles. The molecule has 2 saturated heterocycles. The molecule has 4 unspecified atom stereocenters. The van der Waals surface area contributed by atoms with E-state index in [1.807, 2.05) is 27.7 Å². The first kappa shape index (κ1) is 18.8. The van der Waals surface area contributed by atoms with Crippen molar-refractivity contribution >= 4 is 11.9 Å². The highest BCUT2D eigenvalue weighted by Gasteiger charge is 2.43. The van der Waals surface area contributed by atoms with E-state index in [0.29, 0.717) is 19.7 Å². The van der Waals surface area contributed by atoms with E-state index in [-0.39, 0.29) is 36.2 Å². The topological polar surface area (TPSA) is 93.9 Å². The van der Waals surface area contributed by atoms with E-state index in [9.17, 15) is 9.59 Å². The molecule has 0 bridgehead atoms. The number of amides is 1. The van der Waals surface area contributed by atoms with Gasteiger partial charge in [0.1, 0.15) is 12.1 Å². The van der Waals surface area contributed by atoms with Crippen molar-refractivity contribution < 1.29 is 24.0 Å². The smallest absolute Gasteiger partial charge is 0.327 e. The third-order valence-electron chi connectivity index (χ3n) is 2.71. The van der Waals surface area contributed by atoms with Gasteiger partial charge in [-0.3, -0.25) is 19.3 Å². The molecule has 2 aliphatic rings. The molecule has 1 amide bonds. The monoisotopic (exact) mass is 317 g/mol. The molecule has 22 heavy (non-hydrogen) atoms. The molecule has 0 aromatic rings. The van der Waals surface area contributed by atoms with Crippen LogP contribution in [0, 0.1) is 0 Å². The maximum atomic E-state index is 11.1. The standard InChI is InChI=1S/C8H15NO3.C6H12N2O2/c1-4-11-8(10)7-5-9(7)12-6(2)3;1-4(2)10-8-3-5(8)6(7)9/h6-7H,4-5H2,1-3H3;4-5H,3H2,1-2H3,(H2,7,9). The van der Waals surface area contributed by atoms with Crippen LogP contribution in [0.2, 0.25) is 0 Å². The van der Waals surface area contributed by atoms with Gasteiger partial charge in [0.15, 0.2) is 0 Å². The lowest BCUT2D eigenvalue weighted by Gasteiger charge is -2.07. The Bertz CT molecular complexity index is 389. The van der Waals surface area contributed by atoms with Gasteiger partial charge in [-0.2, -0.15) is 10.1 Å². The first-order valence-corrected chi connectivity index (χ1v) is 7.59. The first-order valence-electron chi connectivity index (χ1n) is 7.59. The summed E-state index contributed by atoms with van der Waals surface area (Å²) in [5.74, 6) is -0.487. The number of hydrogen-bond acceptors (Lipinski definition) is 7. The molecule has 128 valence electrons. The lowest BCUT2D eigenvalue weighted by Crippen LogP contribution is -2.23. The summed E-state index contributed by atoms with van der Waals surface area (Å²) in [6, 6.07) is -0.338. The molecule has 0 radical (unpaired) electrons. The van der Waals surface area contributed by atoms with Crippen LogP contribution in [0.4, 0.5) is 0 Å². The van der Waals surface area contributed by atoms with E-state index >= 15 is 0 Å². The van der Waals surface area contributed by atoms with Gasteiger partial charge in [-0.15, -0.1) is 0 Å². The maximum Gasteiger partial charge on any atom is 0.327 e. The molecular weight excluding hydrogens is 290 g/mol.